The lowest BCUT2D eigenvalue weighted by Crippen LogP contribution is -2.12. The molecule has 0 saturated heterocycles. The molecule has 5 nitrogen and oxygen atoms in total. The summed E-state index contributed by atoms with van der Waals surface area (Å²) in [6.45, 7) is 0. The SMILES string of the molecule is Cn1cc(NC(=O)CCc2ccc(F)cc2)nn1. The fraction of sp³-hybridized carbons (Fsp3) is 0.250. The number of halogens is 1. The van der Waals surface area contributed by atoms with Crippen molar-refractivity contribution in [3.05, 3.63) is 41.8 Å². The van der Waals surface area contributed by atoms with Gasteiger partial charge in [0.1, 0.15) is 5.82 Å². The van der Waals surface area contributed by atoms with Gasteiger partial charge in [-0.1, -0.05) is 17.3 Å². The van der Waals surface area contributed by atoms with Crippen molar-refractivity contribution in [3.63, 3.8) is 0 Å². The maximum atomic E-state index is 12.7. The molecule has 0 radical (unpaired) electrons. The number of nitrogens with zero attached hydrogens (tertiary/aromatic N) is 3. The summed E-state index contributed by atoms with van der Waals surface area (Å²) in [6, 6.07) is 6.11. The molecule has 2 aromatic rings. The molecule has 2 rings (SSSR count). The monoisotopic (exact) mass is 248 g/mol. The molecule has 18 heavy (non-hydrogen) atoms. The molecule has 0 fully saturated rings. The van der Waals surface area contributed by atoms with Gasteiger partial charge in [-0.3, -0.25) is 9.48 Å². The van der Waals surface area contributed by atoms with Gasteiger partial charge in [-0.25, -0.2) is 4.39 Å². The Morgan fingerprint density at radius 2 is 2.11 bits per heavy atom. The molecule has 0 unspecified atom stereocenters. The van der Waals surface area contributed by atoms with Crippen LogP contribution in [0, 0.1) is 5.82 Å². The number of nitrogens with one attached hydrogen (secondary N) is 1. The average molecular weight is 248 g/mol. The summed E-state index contributed by atoms with van der Waals surface area (Å²) in [4.78, 5) is 11.6. The van der Waals surface area contributed by atoms with Gasteiger partial charge in [-0.05, 0) is 24.1 Å². The molecule has 1 heterocycles. The van der Waals surface area contributed by atoms with Crippen LogP contribution in [0.1, 0.15) is 12.0 Å². The van der Waals surface area contributed by atoms with Gasteiger partial charge in [-0.2, -0.15) is 0 Å². The molecule has 0 atom stereocenters. The third kappa shape index (κ3) is 3.38. The second-order valence-electron chi connectivity index (χ2n) is 3.95. The van der Waals surface area contributed by atoms with Crippen LogP contribution in [0.2, 0.25) is 0 Å². The van der Waals surface area contributed by atoms with E-state index in [0.29, 0.717) is 18.7 Å². The normalized spacial score (nSPS) is 10.3. The highest BCUT2D eigenvalue weighted by Gasteiger charge is 2.05. The summed E-state index contributed by atoms with van der Waals surface area (Å²) < 4.78 is 14.2. The largest absolute Gasteiger partial charge is 0.308 e. The molecular formula is C12H13FN4O. The zero-order valence-corrected chi connectivity index (χ0v) is 9.93. The summed E-state index contributed by atoms with van der Waals surface area (Å²) in [6.07, 6.45) is 2.50. The molecule has 1 aromatic carbocycles. The molecule has 0 aliphatic rings. The van der Waals surface area contributed by atoms with Gasteiger partial charge in [0, 0.05) is 13.5 Å². The van der Waals surface area contributed by atoms with E-state index in [4.69, 9.17) is 0 Å². The number of anilines is 1. The Bertz CT molecular complexity index is 535. The van der Waals surface area contributed by atoms with E-state index in [2.05, 4.69) is 15.6 Å². The van der Waals surface area contributed by atoms with Crippen LogP contribution >= 0.6 is 0 Å². The van der Waals surface area contributed by atoms with E-state index in [-0.39, 0.29) is 11.7 Å². The lowest BCUT2D eigenvalue weighted by molar-refractivity contribution is -0.116. The van der Waals surface area contributed by atoms with Crippen LogP contribution in [0.25, 0.3) is 0 Å². The van der Waals surface area contributed by atoms with Gasteiger partial charge in [0.15, 0.2) is 5.82 Å². The third-order valence-corrected chi connectivity index (χ3v) is 2.42. The molecule has 0 saturated carbocycles. The number of rotatable bonds is 4. The summed E-state index contributed by atoms with van der Waals surface area (Å²) in [5.41, 5.74) is 0.922. The van der Waals surface area contributed by atoms with Crippen molar-refractivity contribution in [1.29, 1.82) is 0 Å². The fourth-order valence-electron chi connectivity index (χ4n) is 1.52. The van der Waals surface area contributed by atoms with Gasteiger partial charge >= 0.3 is 0 Å². The Morgan fingerprint density at radius 1 is 1.39 bits per heavy atom. The molecule has 1 aromatic heterocycles. The van der Waals surface area contributed by atoms with E-state index < -0.39 is 0 Å². The number of amides is 1. The van der Waals surface area contributed by atoms with Crippen molar-refractivity contribution in [2.75, 3.05) is 5.32 Å². The lowest BCUT2D eigenvalue weighted by atomic mass is 10.1. The molecule has 1 amide bonds. The van der Waals surface area contributed by atoms with E-state index in [9.17, 15) is 9.18 Å². The van der Waals surface area contributed by atoms with Crippen molar-refractivity contribution in [2.24, 2.45) is 7.05 Å². The molecule has 0 spiro atoms. The van der Waals surface area contributed by atoms with Crippen LogP contribution in [0.4, 0.5) is 10.2 Å². The smallest absolute Gasteiger partial charge is 0.225 e. The average Bonchev–Trinajstić information content (AvgIpc) is 2.74. The first kappa shape index (κ1) is 12.2. The zero-order valence-electron chi connectivity index (χ0n) is 9.93. The highest BCUT2D eigenvalue weighted by atomic mass is 19.1. The maximum absolute atomic E-state index is 12.7. The van der Waals surface area contributed by atoms with Gasteiger partial charge in [0.2, 0.25) is 5.91 Å². The maximum Gasteiger partial charge on any atom is 0.225 e. The summed E-state index contributed by atoms with van der Waals surface area (Å²) in [7, 11) is 1.72. The first-order chi connectivity index (χ1) is 8.63. The number of hydrogen-bond donors (Lipinski definition) is 1. The molecule has 0 aliphatic heterocycles. The van der Waals surface area contributed by atoms with E-state index in [0.717, 1.165) is 5.56 Å². The van der Waals surface area contributed by atoms with Gasteiger partial charge in [0.05, 0.1) is 6.20 Å². The Morgan fingerprint density at radius 3 is 2.72 bits per heavy atom. The fourth-order valence-corrected chi connectivity index (χ4v) is 1.52. The standard InChI is InChI=1S/C12H13FN4O/c1-17-8-11(15-16-17)14-12(18)7-4-9-2-5-10(13)6-3-9/h2-3,5-6,8H,4,7H2,1H3,(H,14,18). The van der Waals surface area contributed by atoms with Crippen LogP contribution in [-0.2, 0) is 18.3 Å². The van der Waals surface area contributed by atoms with E-state index >= 15 is 0 Å². The Kier molecular flexibility index (Phi) is 3.66. The predicted octanol–water partition coefficient (Wildman–Crippen LogP) is 1.53. The predicted molar refractivity (Wildman–Crippen MR) is 64.4 cm³/mol. The second-order valence-corrected chi connectivity index (χ2v) is 3.95. The van der Waals surface area contributed by atoms with Gasteiger partial charge < -0.3 is 5.32 Å². The van der Waals surface area contributed by atoms with Crippen molar-refractivity contribution in [1.82, 2.24) is 15.0 Å². The first-order valence-corrected chi connectivity index (χ1v) is 5.54. The van der Waals surface area contributed by atoms with Crippen LogP contribution < -0.4 is 5.32 Å². The summed E-state index contributed by atoms with van der Waals surface area (Å²) in [5, 5.41) is 10.1. The number of aryl methyl sites for hydroxylation is 2. The van der Waals surface area contributed by atoms with E-state index in [1.165, 1.54) is 16.8 Å². The topological polar surface area (TPSA) is 59.8 Å². The zero-order chi connectivity index (χ0) is 13.0. The Hall–Kier alpha value is -2.24. The molecule has 6 heteroatoms. The van der Waals surface area contributed by atoms with Crippen LogP contribution in [0.15, 0.2) is 30.5 Å². The van der Waals surface area contributed by atoms with Gasteiger partial charge in [-0.15, -0.1) is 5.10 Å². The van der Waals surface area contributed by atoms with Crippen LogP contribution in [0.5, 0.6) is 0 Å². The Balaban J connectivity index is 1.83. The minimum absolute atomic E-state index is 0.139. The molecular weight excluding hydrogens is 235 g/mol. The molecule has 0 aliphatic carbocycles. The van der Waals surface area contributed by atoms with Crippen molar-refractivity contribution in [2.45, 2.75) is 12.8 Å². The highest BCUT2D eigenvalue weighted by Crippen LogP contribution is 2.06. The number of hydrogen-bond acceptors (Lipinski definition) is 3. The first-order valence-electron chi connectivity index (χ1n) is 5.54. The summed E-state index contributed by atoms with van der Waals surface area (Å²) >= 11 is 0. The number of carbonyl (C=O) groups is 1. The number of benzene rings is 1. The van der Waals surface area contributed by atoms with Gasteiger partial charge in [0.25, 0.3) is 0 Å². The van der Waals surface area contributed by atoms with Crippen LogP contribution in [0.3, 0.4) is 0 Å². The minimum Gasteiger partial charge on any atom is -0.308 e. The lowest BCUT2D eigenvalue weighted by Gasteiger charge is -2.02. The molecule has 1 N–H and O–H groups in total. The van der Waals surface area contributed by atoms with Crippen molar-refractivity contribution in [3.8, 4) is 0 Å². The summed E-state index contributed by atoms with van der Waals surface area (Å²) in [5.74, 6) is 0.0178. The Labute approximate surface area is 104 Å². The number of aromatic nitrogens is 3. The minimum atomic E-state index is -0.275. The molecule has 94 valence electrons. The number of carbonyl (C=O) groups excluding carboxylic acids is 1. The quantitative estimate of drug-likeness (QED) is 0.892. The third-order valence-electron chi connectivity index (χ3n) is 2.42. The second kappa shape index (κ2) is 5.39. The van der Waals surface area contributed by atoms with E-state index in [1.807, 2.05) is 0 Å². The van der Waals surface area contributed by atoms with Crippen molar-refractivity contribution < 1.29 is 9.18 Å². The molecule has 0 bridgehead atoms. The van der Waals surface area contributed by atoms with E-state index in [1.54, 1.807) is 25.4 Å². The van der Waals surface area contributed by atoms with Crippen LogP contribution in [-0.4, -0.2) is 20.9 Å². The highest BCUT2D eigenvalue weighted by molar-refractivity contribution is 5.89. The van der Waals surface area contributed by atoms with Crippen molar-refractivity contribution >= 4 is 11.7 Å².